The van der Waals surface area contributed by atoms with Crippen LogP contribution in [0.4, 0.5) is 5.69 Å². The zero-order valence-electron chi connectivity index (χ0n) is 16.7. The molecular weight excluding hydrogens is 378 g/mol. The van der Waals surface area contributed by atoms with E-state index in [0.717, 1.165) is 35.8 Å². The van der Waals surface area contributed by atoms with Crippen LogP contribution in [0.1, 0.15) is 45.4 Å². The van der Waals surface area contributed by atoms with Gasteiger partial charge in [-0.1, -0.05) is 31.4 Å². The Balaban J connectivity index is 1.51. The first-order valence-electron chi connectivity index (χ1n) is 10.1. The fraction of sp³-hybridized carbons (Fsp3) is 0.667. The molecule has 3 rings (SSSR count). The Kier molecular flexibility index (Phi) is 7.23. The van der Waals surface area contributed by atoms with Gasteiger partial charge in [0.2, 0.25) is 0 Å². The monoisotopic (exact) mass is 409 g/mol. The van der Waals surface area contributed by atoms with Crippen LogP contribution in [0, 0.1) is 5.92 Å². The van der Waals surface area contributed by atoms with Crippen molar-refractivity contribution in [3.05, 3.63) is 23.2 Å². The van der Waals surface area contributed by atoms with E-state index in [2.05, 4.69) is 29.1 Å². The summed E-state index contributed by atoms with van der Waals surface area (Å²) in [6, 6.07) is 7.09. The summed E-state index contributed by atoms with van der Waals surface area (Å²) in [5.74, 6) is 1.50. The maximum atomic E-state index is 6.21. The van der Waals surface area contributed by atoms with Crippen molar-refractivity contribution in [1.82, 2.24) is 9.80 Å². The molecule has 6 heteroatoms. The number of hydrogen-bond donors (Lipinski definition) is 1. The van der Waals surface area contributed by atoms with Crippen LogP contribution < -0.4 is 10.1 Å². The van der Waals surface area contributed by atoms with E-state index in [9.17, 15) is 0 Å². The lowest BCUT2D eigenvalue weighted by Crippen LogP contribution is -2.51. The lowest BCUT2D eigenvalue weighted by atomic mass is 9.84. The van der Waals surface area contributed by atoms with Gasteiger partial charge < -0.3 is 19.9 Å². The molecule has 0 radical (unpaired) electrons. The Bertz CT molecular complexity index is 648. The fourth-order valence-electron chi connectivity index (χ4n) is 4.60. The molecule has 150 valence electrons. The van der Waals surface area contributed by atoms with Gasteiger partial charge in [0.25, 0.3) is 0 Å². The normalized spacial score (nSPS) is 24.1. The number of likely N-dealkylation sites (tertiary alicyclic amines) is 1. The van der Waals surface area contributed by atoms with Gasteiger partial charge in [0.1, 0.15) is 5.75 Å². The molecule has 0 aromatic heterocycles. The van der Waals surface area contributed by atoms with Crippen LogP contribution in [0.5, 0.6) is 5.75 Å². The molecule has 1 saturated carbocycles. The largest absolute Gasteiger partial charge is 0.495 e. The summed E-state index contributed by atoms with van der Waals surface area (Å²) in [7, 11) is 3.96. The van der Waals surface area contributed by atoms with Crippen LogP contribution in [0.3, 0.4) is 0 Å². The van der Waals surface area contributed by atoms with Gasteiger partial charge in [-0.2, -0.15) is 0 Å². The molecule has 2 aliphatic rings. The minimum atomic E-state index is 0.590. The molecule has 0 amide bonds. The Morgan fingerprint density at radius 3 is 2.56 bits per heavy atom. The highest BCUT2D eigenvalue weighted by Crippen LogP contribution is 2.31. The van der Waals surface area contributed by atoms with Crippen LogP contribution in [0.2, 0.25) is 5.02 Å². The molecule has 2 fully saturated rings. The summed E-state index contributed by atoms with van der Waals surface area (Å²) >= 11 is 11.8. The van der Waals surface area contributed by atoms with E-state index in [-0.39, 0.29) is 0 Å². The van der Waals surface area contributed by atoms with Crippen LogP contribution in [-0.2, 0) is 0 Å². The number of halogens is 1. The second-order valence-electron chi connectivity index (χ2n) is 7.99. The number of benzene rings is 1. The molecule has 1 aromatic rings. The standard InChI is InChI=1S/C21H32ClN3OS/c1-15-6-4-5-7-19(15)24(2)17-10-12-25(13-11-17)21(27)23-16-8-9-20(26-3)18(22)14-16/h8-9,14-15,17,19H,4-7,10-13H2,1-3H3,(H,23,27). The van der Waals surface area contributed by atoms with E-state index in [0.29, 0.717) is 16.8 Å². The lowest BCUT2D eigenvalue weighted by molar-refractivity contribution is 0.0691. The molecule has 1 aromatic carbocycles. The second kappa shape index (κ2) is 9.44. The Hall–Kier alpha value is -1.04. The molecule has 1 aliphatic carbocycles. The van der Waals surface area contributed by atoms with Crippen molar-refractivity contribution < 1.29 is 4.74 Å². The second-order valence-corrected chi connectivity index (χ2v) is 8.79. The zero-order valence-corrected chi connectivity index (χ0v) is 18.3. The fourth-order valence-corrected chi connectivity index (χ4v) is 5.15. The molecule has 1 aliphatic heterocycles. The van der Waals surface area contributed by atoms with E-state index in [1.807, 2.05) is 18.2 Å². The van der Waals surface area contributed by atoms with Gasteiger partial charge in [0.05, 0.1) is 12.1 Å². The highest BCUT2D eigenvalue weighted by atomic mass is 35.5. The van der Waals surface area contributed by atoms with Crippen LogP contribution in [0.15, 0.2) is 18.2 Å². The molecular formula is C21H32ClN3OS. The van der Waals surface area contributed by atoms with Gasteiger partial charge in [0.15, 0.2) is 5.11 Å². The molecule has 1 N–H and O–H groups in total. The predicted octanol–water partition coefficient (Wildman–Crippen LogP) is 5.02. The van der Waals surface area contributed by atoms with Gasteiger partial charge >= 0.3 is 0 Å². The predicted molar refractivity (Wildman–Crippen MR) is 118 cm³/mol. The molecule has 27 heavy (non-hydrogen) atoms. The van der Waals surface area contributed by atoms with Gasteiger partial charge in [-0.3, -0.25) is 0 Å². The highest BCUT2D eigenvalue weighted by Gasteiger charge is 2.31. The first-order valence-corrected chi connectivity index (χ1v) is 10.9. The van der Waals surface area contributed by atoms with Gasteiger partial charge in [0, 0.05) is 30.9 Å². The number of methoxy groups -OCH3 is 1. The summed E-state index contributed by atoms with van der Waals surface area (Å²) in [4.78, 5) is 4.95. The third-order valence-electron chi connectivity index (χ3n) is 6.32. The number of hydrogen-bond acceptors (Lipinski definition) is 3. The zero-order chi connectivity index (χ0) is 19.4. The molecule has 2 unspecified atom stereocenters. The van der Waals surface area contributed by atoms with Crippen molar-refractivity contribution in [2.75, 3.05) is 32.6 Å². The first-order chi connectivity index (χ1) is 13.0. The van der Waals surface area contributed by atoms with E-state index < -0.39 is 0 Å². The van der Waals surface area contributed by atoms with E-state index in [1.165, 1.54) is 38.5 Å². The van der Waals surface area contributed by atoms with Crippen LogP contribution >= 0.6 is 23.8 Å². The molecule has 0 bridgehead atoms. The molecule has 1 saturated heterocycles. The number of piperidine rings is 1. The van der Waals surface area contributed by atoms with E-state index in [4.69, 9.17) is 28.6 Å². The van der Waals surface area contributed by atoms with Crippen LogP contribution in [-0.4, -0.2) is 54.2 Å². The van der Waals surface area contributed by atoms with Crippen LogP contribution in [0.25, 0.3) is 0 Å². The highest BCUT2D eigenvalue weighted by molar-refractivity contribution is 7.80. The Morgan fingerprint density at radius 2 is 1.93 bits per heavy atom. The van der Waals surface area contributed by atoms with Crippen molar-refractivity contribution in [1.29, 1.82) is 0 Å². The SMILES string of the molecule is COc1ccc(NC(=S)N2CCC(N(C)C3CCCCC3C)CC2)cc1Cl. The Labute approximate surface area is 174 Å². The number of nitrogens with one attached hydrogen (secondary N) is 1. The maximum absolute atomic E-state index is 6.21. The summed E-state index contributed by atoms with van der Waals surface area (Å²) < 4.78 is 5.21. The number of thiocarbonyl (C=S) groups is 1. The van der Waals surface area contributed by atoms with Gasteiger partial charge in [-0.15, -0.1) is 0 Å². The van der Waals surface area contributed by atoms with Crippen molar-refractivity contribution in [3.8, 4) is 5.75 Å². The average molecular weight is 410 g/mol. The quantitative estimate of drug-likeness (QED) is 0.704. The van der Waals surface area contributed by atoms with E-state index in [1.54, 1.807) is 7.11 Å². The maximum Gasteiger partial charge on any atom is 0.173 e. The Morgan fingerprint density at radius 1 is 1.22 bits per heavy atom. The van der Waals surface area contributed by atoms with Gasteiger partial charge in [-0.05, 0) is 69.1 Å². The number of nitrogens with zero attached hydrogens (tertiary/aromatic N) is 2. The summed E-state index contributed by atoms with van der Waals surface area (Å²) in [5.41, 5.74) is 0.904. The van der Waals surface area contributed by atoms with Crippen molar-refractivity contribution in [3.63, 3.8) is 0 Å². The third kappa shape index (κ3) is 5.07. The smallest absolute Gasteiger partial charge is 0.173 e. The average Bonchev–Trinajstić information content (AvgIpc) is 2.68. The lowest BCUT2D eigenvalue weighted by Gasteiger charge is -2.44. The van der Waals surface area contributed by atoms with Crippen molar-refractivity contribution >= 4 is 34.6 Å². The minimum absolute atomic E-state index is 0.590. The minimum Gasteiger partial charge on any atom is -0.495 e. The van der Waals surface area contributed by atoms with Crippen molar-refractivity contribution in [2.24, 2.45) is 5.92 Å². The molecule has 2 atom stereocenters. The summed E-state index contributed by atoms with van der Waals surface area (Å²) in [6.07, 6.45) is 7.87. The molecule has 4 nitrogen and oxygen atoms in total. The van der Waals surface area contributed by atoms with E-state index >= 15 is 0 Å². The molecule has 1 heterocycles. The van der Waals surface area contributed by atoms with Crippen molar-refractivity contribution in [2.45, 2.75) is 57.5 Å². The number of rotatable bonds is 4. The summed E-state index contributed by atoms with van der Waals surface area (Å²) in [6.45, 7) is 4.44. The summed E-state index contributed by atoms with van der Waals surface area (Å²) in [5, 5.41) is 4.69. The molecule has 0 spiro atoms. The first kappa shape index (κ1) is 20.7. The topological polar surface area (TPSA) is 27.7 Å². The number of ether oxygens (including phenoxy) is 1. The number of anilines is 1. The van der Waals surface area contributed by atoms with Gasteiger partial charge in [-0.25, -0.2) is 0 Å². The third-order valence-corrected chi connectivity index (χ3v) is 6.98.